The minimum atomic E-state index is -0.290. The van der Waals surface area contributed by atoms with E-state index in [2.05, 4.69) is 52.3 Å². The minimum absolute atomic E-state index is 0.162. The van der Waals surface area contributed by atoms with Crippen LogP contribution >= 0.6 is 0 Å². The number of nitrogens with one attached hydrogen (secondary N) is 1. The fourth-order valence-electron chi connectivity index (χ4n) is 5.12. The molecule has 1 aliphatic heterocycles. The number of nitrogens with zero attached hydrogens (tertiary/aromatic N) is 4. The van der Waals surface area contributed by atoms with E-state index >= 15 is 0 Å². The Labute approximate surface area is 228 Å². The van der Waals surface area contributed by atoms with Gasteiger partial charge in [0, 0.05) is 25.4 Å². The fraction of sp³-hybridized carbons (Fsp3) is 0.333. The normalized spacial score (nSPS) is 14.6. The molecule has 0 saturated carbocycles. The van der Waals surface area contributed by atoms with E-state index in [1.54, 1.807) is 19.5 Å². The summed E-state index contributed by atoms with van der Waals surface area (Å²) in [4.78, 5) is 28.3. The Bertz CT molecular complexity index is 1450. The van der Waals surface area contributed by atoms with E-state index in [0.717, 1.165) is 33.6 Å². The highest BCUT2D eigenvalue weighted by Gasteiger charge is 2.34. The molecule has 0 bridgehead atoms. The summed E-state index contributed by atoms with van der Waals surface area (Å²) in [5.41, 5.74) is 7.99. The number of benzene rings is 2. The summed E-state index contributed by atoms with van der Waals surface area (Å²) in [6.07, 6.45) is 7.59. The number of rotatable bonds is 8. The van der Waals surface area contributed by atoms with Crippen LogP contribution in [0.2, 0.25) is 0 Å². The summed E-state index contributed by atoms with van der Waals surface area (Å²) in [5.74, 6) is 1.31. The van der Waals surface area contributed by atoms with Crippen LogP contribution in [0.1, 0.15) is 50.9 Å². The van der Waals surface area contributed by atoms with Crippen LogP contribution in [0.3, 0.4) is 0 Å². The van der Waals surface area contributed by atoms with Gasteiger partial charge in [-0.2, -0.15) is 0 Å². The molecule has 9 nitrogen and oxygen atoms in total. The molecule has 2 amide bonds. The number of urea groups is 1. The minimum Gasteiger partial charge on any atom is -0.493 e. The maximum atomic E-state index is 13.5. The summed E-state index contributed by atoms with van der Waals surface area (Å²) in [6.45, 7) is 7.38. The van der Waals surface area contributed by atoms with Crippen molar-refractivity contribution in [2.45, 2.75) is 46.2 Å². The Morgan fingerprint density at radius 2 is 1.92 bits per heavy atom. The third kappa shape index (κ3) is 5.72. The first-order valence-electron chi connectivity index (χ1n) is 13.0. The van der Waals surface area contributed by atoms with Crippen LogP contribution in [-0.2, 0) is 19.4 Å². The standard InChI is InChI=1S/C30H33N5O4/c1-19-5-6-24(20(2)13-19)29-25-15-28(39-12-8-26-21(3)31-9-10-32-26)27(37-4)14-22(25)7-11-35(29)30(36)33-16-23-17-38-18-34-23/h5-6,9-10,13-15,17-18,29H,7-8,11-12,16H2,1-4H3,(H,33,36). The Morgan fingerprint density at radius 1 is 1.08 bits per heavy atom. The molecule has 0 spiro atoms. The summed E-state index contributed by atoms with van der Waals surface area (Å²) in [6, 6.07) is 9.97. The first kappa shape index (κ1) is 26.2. The van der Waals surface area contributed by atoms with Crippen LogP contribution in [0.5, 0.6) is 11.5 Å². The molecular formula is C30H33N5O4. The van der Waals surface area contributed by atoms with Crippen molar-refractivity contribution in [1.82, 2.24) is 25.2 Å². The topological polar surface area (TPSA) is 103 Å². The first-order valence-corrected chi connectivity index (χ1v) is 13.0. The number of aromatic nitrogens is 3. The highest BCUT2D eigenvalue weighted by atomic mass is 16.5. The summed E-state index contributed by atoms with van der Waals surface area (Å²) >= 11 is 0. The van der Waals surface area contributed by atoms with Crippen LogP contribution < -0.4 is 14.8 Å². The highest BCUT2D eigenvalue weighted by molar-refractivity contribution is 5.76. The van der Waals surface area contributed by atoms with Crippen molar-refractivity contribution in [2.75, 3.05) is 20.3 Å². The first-order chi connectivity index (χ1) is 18.9. The lowest BCUT2D eigenvalue weighted by atomic mass is 9.85. The molecule has 1 unspecified atom stereocenters. The summed E-state index contributed by atoms with van der Waals surface area (Å²) < 4.78 is 17.0. The number of hydrogen-bond acceptors (Lipinski definition) is 7. The molecule has 3 heterocycles. The zero-order chi connectivity index (χ0) is 27.4. The number of carbonyl (C=O) groups excluding carboxylic acids is 1. The van der Waals surface area contributed by atoms with Gasteiger partial charge in [-0.1, -0.05) is 23.8 Å². The molecule has 1 atom stereocenters. The van der Waals surface area contributed by atoms with Crippen molar-refractivity contribution in [3.63, 3.8) is 0 Å². The van der Waals surface area contributed by atoms with Crippen molar-refractivity contribution in [3.8, 4) is 11.5 Å². The number of amides is 2. The average Bonchev–Trinajstić information content (AvgIpc) is 3.46. The molecule has 1 aliphatic rings. The second kappa shape index (κ2) is 11.6. The van der Waals surface area contributed by atoms with Crippen molar-refractivity contribution in [1.29, 1.82) is 0 Å². The van der Waals surface area contributed by atoms with Gasteiger partial charge in [0.05, 0.1) is 43.4 Å². The number of carbonyl (C=O) groups is 1. The highest BCUT2D eigenvalue weighted by Crippen LogP contribution is 2.42. The predicted molar refractivity (Wildman–Crippen MR) is 146 cm³/mol. The van der Waals surface area contributed by atoms with E-state index in [0.29, 0.717) is 43.2 Å². The van der Waals surface area contributed by atoms with Crippen molar-refractivity contribution in [3.05, 3.63) is 100 Å². The van der Waals surface area contributed by atoms with Gasteiger partial charge in [-0.25, -0.2) is 9.78 Å². The number of oxazole rings is 1. The lowest BCUT2D eigenvalue weighted by molar-refractivity contribution is 0.179. The van der Waals surface area contributed by atoms with Gasteiger partial charge in [0.2, 0.25) is 0 Å². The number of ether oxygens (including phenoxy) is 2. The van der Waals surface area contributed by atoms with E-state index in [1.807, 2.05) is 24.0 Å². The molecule has 4 aromatic rings. The number of hydrogen-bond donors (Lipinski definition) is 1. The molecule has 202 valence electrons. The smallest absolute Gasteiger partial charge is 0.318 e. The quantitative estimate of drug-likeness (QED) is 0.348. The average molecular weight is 528 g/mol. The molecule has 2 aromatic heterocycles. The Kier molecular flexibility index (Phi) is 7.76. The van der Waals surface area contributed by atoms with Gasteiger partial charge >= 0.3 is 6.03 Å². The molecule has 39 heavy (non-hydrogen) atoms. The largest absolute Gasteiger partial charge is 0.493 e. The van der Waals surface area contributed by atoms with Crippen LogP contribution in [0.4, 0.5) is 4.79 Å². The Morgan fingerprint density at radius 3 is 2.67 bits per heavy atom. The molecule has 0 fully saturated rings. The van der Waals surface area contributed by atoms with E-state index in [1.165, 1.54) is 18.2 Å². The van der Waals surface area contributed by atoms with Gasteiger partial charge in [-0.3, -0.25) is 9.97 Å². The Balaban J connectivity index is 1.47. The van der Waals surface area contributed by atoms with Crippen LogP contribution in [0.15, 0.2) is 59.8 Å². The second-order valence-electron chi connectivity index (χ2n) is 9.73. The van der Waals surface area contributed by atoms with Gasteiger partial charge in [0.15, 0.2) is 17.9 Å². The molecule has 0 radical (unpaired) electrons. The van der Waals surface area contributed by atoms with E-state index < -0.39 is 0 Å². The number of fused-ring (bicyclic) bond motifs is 1. The molecule has 9 heteroatoms. The lowest BCUT2D eigenvalue weighted by Crippen LogP contribution is -2.46. The van der Waals surface area contributed by atoms with E-state index in [-0.39, 0.29) is 18.6 Å². The van der Waals surface area contributed by atoms with Gasteiger partial charge in [-0.05, 0) is 61.6 Å². The van der Waals surface area contributed by atoms with Gasteiger partial charge in [0.25, 0.3) is 0 Å². The van der Waals surface area contributed by atoms with Gasteiger partial charge in [-0.15, -0.1) is 0 Å². The summed E-state index contributed by atoms with van der Waals surface area (Å²) in [7, 11) is 1.65. The number of aryl methyl sites for hydroxylation is 3. The van der Waals surface area contributed by atoms with Gasteiger partial charge < -0.3 is 24.1 Å². The molecule has 1 N–H and O–H groups in total. The van der Waals surface area contributed by atoms with Crippen molar-refractivity contribution in [2.24, 2.45) is 0 Å². The number of methoxy groups -OCH3 is 1. The maximum absolute atomic E-state index is 13.5. The van der Waals surface area contributed by atoms with Crippen LogP contribution in [-0.4, -0.2) is 46.1 Å². The van der Waals surface area contributed by atoms with E-state index in [9.17, 15) is 4.79 Å². The molecule has 0 saturated heterocycles. The molecule has 0 aliphatic carbocycles. The second-order valence-corrected chi connectivity index (χ2v) is 9.73. The molecule has 5 rings (SSSR count). The third-order valence-corrected chi connectivity index (χ3v) is 7.12. The van der Waals surface area contributed by atoms with Crippen LogP contribution in [0.25, 0.3) is 0 Å². The van der Waals surface area contributed by atoms with Crippen molar-refractivity contribution < 1.29 is 18.7 Å². The fourth-order valence-corrected chi connectivity index (χ4v) is 5.12. The van der Waals surface area contributed by atoms with E-state index in [4.69, 9.17) is 13.9 Å². The Hall–Kier alpha value is -4.40. The van der Waals surface area contributed by atoms with Crippen molar-refractivity contribution >= 4 is 6.03 Å². The molecule has 2 aromatic carbocycles. The lowest BCUT2D eigenvalue weighted by Gasteiger charge is -2.38. The molecular weight excluding hydrogens is 494 g/mol. The summed E-state index contributed by atoms with van der Waals surface area (Å²) in [5, 5.41) is 3.01. The third-order valence-electron chi connectivity index (χ3n) is 7.12. The SMILES string of the molecule is COc1cc2c(cc1OCCc1nccnc1C)C(c1ccc(C)cc1C)N(C(=O)NCc1cocn1)CC2. The maximum Gasteiger partial charge on any atom is 0.318 e. The van der Waals surface area contributed by atoms with Crippen LogP contribution in [0, 0.1) is 20.8 Å². The predicted octanol–water partition coefficient (Wildman–Crippen LogP) is 4.88. The van der Waals surface area contributed by atoms with Gasteiger partial charge in [0.1, 0.15) is 6.26 Å². The monoisotopic (exact) mass is 527 g/mol. The zero-order valence-corrected chi connectivity index (χ0v) is 22.7. The zero-order valence-electron chi connectivity index (χ0n) is 22.7.